The van der Waals surface area contributed by atoms with E-state index in [1.165, 1.54) is 31.7 Å². The molecule has 0 aliphatic carbocycles. The highest BCUT2D eigenvalue weighted by molar-refractivity contribution is 5.89. The average molecular weight is 1060 g/mol. The summed E-state index contributed by atoms with van der Waals surface area (Å²) in [4.78, 5) is 65.5. The molecule has 0 spiro atoms. The molecule has 4 aliphatic rings. The van der Waals surface area contributed by atoms with Gasteiger partial charge in [0.1, 0.15) is 19.2 Å². The van der Waals surface area contributed by atoms with Gasteiger partial charge in [0.05, 0.1) is 37.6 Å². The molecular weight excluding hydrogens is 999 g/mol. The Balaban J connectivity index is 0.000000185. The Labute approximate surface area is 425 Å². The van der Waals surface area contributed by atoms with Crippen LogP contribution in [0.25, 0.3) is 45.1 Å². The number of alkyl halides is 6. The number of piperazine rings is 2. The minimum absolute atomic E-state index is 0.0196. The van der Waals surface area contributed by atoms with Crippen molar-refractivity contribution >= 4 is 63.7 Å². The van der Waals surface area contributed by atoms with E-state index in [1.54, 1.807) is 9.80 Å². The Morgan fingerprint density at radius 1 is 0.653 bits per heavy atom. The molecule has 4 aliphatic heterocycles. The molecule has 10 rings (SSSR count). The van der Waals surface area contributed by atoms with Crippen molar-refractivity contribution in [1.82, 2.24) is 69.2 Å². The second-order valence-electron chi connectivity index (χ2n) is 18.4. The smallest absolute Gasteiger partial charge is 0.384 e. The largest absolute Gasteiger partial charge is 0.406 e. The fourth-order valence-electron chi connectivity index (χ4n) is 9.44. The molecule has 24 nitrogen and oxygen atoms in total. The van der Waals surface area contributed by atoms with E-state index < -0.39 is 37.5 Å². The summed E-state index contributed by atoms with van der Waals surface area (Å²) in [7, 11) is 0. The number of morpholine rings is 2. The third-order valence-electron chi connectivity index (χ3n) is 13.2. The molecule has 75 heavy (non-hydrogen) atoms. The zero-order valence-electron chi connectivity index (χ0n) is 41.5. The molecule has 0 bridgehead atoms. The number of hydrogen-bond acceptors (Lipinski definition) is 21. The number of hydrogen-bond donors (Lipinski definition) is 4. The SMILES string of the molecule is CC[C@H]1CN(c2nc3c(N4CCOCC4)nc(-c4cnc(N)nc4)nc3n2CC(F)(F)F)CCN1.CC[C@H]1CN(c2nc3c(N4CCOCC4)nc(-c4cnc(N)nc4)nc3n2CC(F)(F)F)CCN1C(=O)[C@H](C)O. The van der Waals surface area contributed by atoms with E-state index in [0.29, 0.717) is 107 Å². The lowest BCUT2D eigenvalue weighted by Crippen LogP contribution is -2.57. The third-order valence-corrected chi connectivity index (χ3v) is 13.2. The summed E-state index contributed by atoms with van der Waals surface area (Å²) in [6, 6.07) is -0.155. The number of aromatic nitrogens is 12. The lowest BCUT2D eigenvalue weighted by molar-refractivity contribution is -0.142. The Bertz CT molecular complexity index is 2930. The summed E-state index contributed by atoms with van der Waals surface area (Å²) >= 11 is 0. The van der Waals surface area contributed by atoms with Gasteiger partial charge in [0.15, 0.2) is 45.6 Å². The van der Waals surface area contributed by atoms with E-state index in [-0.39, 0.29) is 84.0 Å². The van der Waals surface area contributed by atoms with Gasteiger partial charge in [0.2, 0.25) is 23.8 Å². The predicted molar refractivity (Wildman–Crippen MR) is 264 cm³/mol. The molecular formula is C45H58F6N20O4. The molecule has 10 heterocycles. The number of aliphatic hydroxyl groups is 1. The number of nitrogens with one attached hydrogen (secondary N) is 1. The minimum Gasteiger partial charge on any atom is -0.384 e. The van der Waals surface area contributed by atoms with Crippen molar-refractivity contribution < 1.29 is 45.7 Å². The number of nitrogen functional groups attached to an aromatic ring is 2. The van der Waals surface area contributed by atoms with Crippen LogP contribution in [0.5, 0.6) is 0 Å². The van der Waals surface area contributed by atoms with Crippen LogP contribution in [0.1, 0.15) is 33.6 Å². The molecule has 3 atom stereocenters. The standard InChI is InChI=1S/C24H31F3N10O3.C21H27F3N10O/c1-3-16-12-35(4-5-36(16)21(39)14(2)38)23-31-17-19(34-6-8-40-9-7-34)32-18(15-10-29-22(28)30-11-15)33-20(17)37(23)13-24(25,26)27;1-2-14-11-33(4-3-26-14)20-29-15-17(32-5-7-35-8-6-32)30-16(13-9-27-19(25)28-10-13)31-18(15)34(20)12-21(22,23)24/h10-11,14,16,38H,3-9,12-13H2,1-2H3,(H2,28,29,30);9-10,14,26H,2-8,11-12H2,1H3,(H2,25,27,28)/t14-,16-;14-/m00/s1. The molecule has 4 fully saturated rings. The van der Waals surface area contributed by atoms with Crippen molar-refractivity contribution in [3.8, 4) is 22.8 Å². The Morgan fingerprint density at radius 3 is 1.52 bits per heavy atom. The molecule has 1 amide bonds. The first-order chi connectivity index (χ1) is 35.9. The van der Waals surface area contributed by atoms with E-state index >= 15 is 0 Å². The van der Waals surface area contributed by atoms with Gasteiger partial charge in [-0.25, -0.2) is 49.8 Å². The zero-order valence-corrected chi connectivity index (χ0v) is 41.5. The molecule has 4 saturated heterocycles. The molecule has 404 valence electrons. The molecule has 6 aromatic rings. The number of nitrogens with two attached hydrogens (primary N) is 2. The molecule has 30 heteroatoms. The number of amides is 1. The average Bonchev–Trinajstić information content (AvgIpc) is 3.95. The molecule has 6 N–H and O–H groups in total. The minimum atomic E-state index is -4.56. The van der Waals surface area contributed by atoms with Crippen LogP contribution in [0.4, 0.5) is 61.8 Å². The zero-order chi connectivity index (χ0) is 53.2. The maximum Gasteiger partial charge on any atom is 0.406 e. The van der Waals surface area contributed by atoms with Crippen LogP contribution in [0.15, 0.2) is 24.8 Å². The fraction of sp³-hybridized carbons (Fsp3) is 0.578. The second-order valence-corrected chi connectivity index (χ2v) is 18.4. The summed E-state index contributed by atoms with van der Waals surface area (Å²) in [5.41, 5.74) is 12.8. The van der Waals surface area contributed by atoms with Crippen LogP contribution in [-0.4, -0.2) is 197 Å². The van der Waals surface area contributed by atoms with Gasteiger partial charge in [-0.2, -0.15) is 26.3 Å². The highest BCUT2D eigenvalue weighted by Crippen LogP contribution is 2.36. The van der Waals surface area contributed by atoms with Gasteiger partial charge in [-0.1, -0.05) is 13.8 Å². The number of ether oxygens (including phenoxy) is 2. The van der Waals surface area contributed by atoms with Crippen LogP contribution in [-0.2, 0) is 27.4 Å². The lowest BCUT2D eigenvalue weighted by atomic mass is 10.1. The number of carbonyl (C=O) groups excluding carboxylic acids is 1. The Kier molecular flexibility index (Phi) is 15.5. The third kappa shape index (κ3) is 11.9. The first-order valence-electron chi connectivity index (χ1n) is 24.6. The normalized spacial score (nSPS) is 19.4. The van der Waals surface area contributed by atoms with Gasteiger partial charge in [-0.05, 0) is 19.8 Å². The van der Waals surface area contributed by atoms with Crippen LogP contribution in [0, 0.1) is 0 Å². The number of nitrogens with zero attached hydrogens (tertiary/aromatic N) is 17. The van der Waals surface area contributed by atoms with Gasteiger partial charge in [0, 0.05) is 102 Å². The van der Waals surface area contributed by atoms with Crippen molar-refractivity contribution in [1.29, 1.82) is 0 Å². The van der Waals surface area contributed by atoms with Gasteiger partial charge in [-0.3, -0.25) is 13.9 Å². The number of halogens is 6. The molecule has 0 unspecified atom stereocenters. The number of imidazole rings is 2. The number of anilines is 6. The highest BCUT2D eigenvalue weighted by atomic mass is 19.4. The van der Waals surface area contributed by atoms with Crippen molar-refractivity contribution in [3.63, 3.8) is 0 Å². The first-order valence-corrected chi connectivity index (χ1v) is 24.6. The number of carbonyl (C=O) groups is 1. The van der Waals surface area contributed by atoms with Crippen LogP contribution < -0.4 is 36.4 Å². The summed E-state index contributed by atoms with van der Waals surface area (Å²) < 4.78 is 96.4. The molecule has 0 saturated carbocycles. The maximum absolute atomic E-state index is 14.0. The molecule has 6 aromatic heterocycles. The van der Waals surface area contributed by atoms with Gasteiger partial charge < -0.3 is 55.9 Å². The number of rotatable bonds is 11. The Hall–Kier alpha value is -7.05. The maximum atomic E-state index is 14.0. The van der Waals surface area contributed by atoms with Crippen LogP contribution in [0.2, 0.25) is 0 Å². The Morgan fingerprint density at radius 2 is 1.11 bits per heavy atom. The topological polar surface area (TPSA) is 275 Å². The second kappa shape index (κ2) is 22.0. The number of fused-ring (bicyclic) bond motifs is 2. The van der Waals surface area contributed by atoms with Gasteiger partial charge in [-0.15, -0.1) is 0 Å². The van der Waals surface area contributed by atoms with E-state index in [9.17, 15) is 36.2 Å². The monoisotopic (exact) mass is 1060 g/mol. The highest BCUT2D eigenvalue weighted by Gasteiger charge is 2.38. The van der Waals surface area contributed by atoms with Crippen molar-refractivity contribution in [2.24, 2.45) is 0 Å². The van der Waals surface area contributed by atoms with E-state index in [2.05, 4.69) is 40.2 Å². The molecule has 0 radical (unpaired) electrons. The summed E-state index contributed by atoms with van der Waals surface area (Å²) in [6.45, 7) is 9.11. The quantitative estimate of drug-likeness (QED) is 0.136. The van der Waals surface area contributed by atoms with E-state index in [1.807, 2.05) is 28.5 Å². The van der Waals surface area contributed by atoms with Crippen molar-refractivity contribution in [2.45, 2.75) is 77.2 Å². The summed E-state index contributed by atoms with van der Waals surface area (Å²) in [5.74, 6) is 1.25. The summed E-state index contributed by atoms with van der Waals surface area (Å²) in [6.07, 6.45) is -3.03. The summed E-state index contributed by atoms with van der Waals surface area (Å²) in [5, 5.41) is 13.2. The molecule has 0 aromatic carbocycles. The first kappa shape index (κ1) is 52.8. The van der Waals surface area contributed by atoms with Crippen molar-refractivity contribution in [2.75, 3.05) is 123 Å². The van der Waals surface area contributed by atoms with Crippen LogP contribution in [0.3, 0.4) is 0 Å². The van der Waals surface area contributed by atoms with Gasteiger partial charge >= 0.3 is 12.4 Å². The van der Waals surface area contributed by atoms with Crippen LogP contribution >= 0.6 is 0 Å². The van der Waals surface area contributed by atoms with E-state index in [0.717, 1.165) is 15.6 Å². The predicted octanol–water partition coefficient (Wildman–Crippen LogP) is 2.53. The van der Waals surface area contributed by atoms with Gasteiger partial charge in [0.25, 0.3) is 5.91 Å². The van der Waals surface area contributed by atoms with Crippen molar-refractivity contribution in [3.05, 3.63) is 24.8 Å². The lowest BCUT2D eigenvalue weighted by Gasteiger charge is -2.42. The van der Waals surface area contributed by atoms with E-state index in [4.69, 9.17) is 35.9 Å². The fourth-order valence-corrected chi connectivity index (χ4v) is 9.44. The number of aliphatic hydroxyl groups excluding tert-OH is 1.